The number of carbonyl (C=O) groups excluding carboxylic acids is 2. The average Bonchev–Trinajstić information content (AvgIpc) is 2.66. The second-order valence-corrected chi connectivity index (χ2v) is 6.84. The Kier molecular flexibility index (Phi) is 7.23. The fraction of sp³-hybridized carbons (Fsp3) is 0.429. The number of likely N-dealkylation sites (N-methyl/N-ethyl adjacent to an activating group) is 1. The number of nitrogens with zero attached hydrogens (tertiary/aromatic N) is 1. The van der Waals surface area contributed by atoms with E-state index >= 15 is 0 Å². The van der Waals surface area contributed by atoms with Crippen LogP contribution in [0.5, 0.6) is 5.75 Å². The van der Waals surface area contributed by atoms with Crippen LogP contribution in [0, 0.1) is 0 Å². The van der Waals surface area contributed by atoms with Gasteiger partial charge in [0, 0.05) is 17.9 Å². The fourth-order valence-electron chi connectivity index (χ4n) is 3.19. The molecule has 1 aromatic carbocycles. The Morgan fingerprint density at radius 3 is 1.89 bits per heavy atom. The van der Waals surface area contributed by atoms with Crippen molar-refractivity contribution in [1.29, 1.82) is 0 Å². The van der Waals surface area contributed by atoms with Crippen molar-refractivity contribution in [1.82, 2.24) is 10.2 Å². The zero-order valence-electron chi connectivity index (χ0n) is 17.3. The minimum absolute atomic E-state index is 0.384. The van der Waals surface area contributed by atoms with Crippen LogP contribution in [0.3, 0.4) is 0 Å². The van der Waals surface area contributed by atoms with E-state index in [2.05, 4.69) is 5.32 Å². The van der Waals surface area contributed by atoms with Crippen molar-refractivity contribution in [2.45, 2.75) is 19.8 Å². The summed E-state index contributed by atoms with van der Waals surface area (Å²) in [6, 6.07) is 7.38. The van der Waals surface area contributed by atoms with Crippen LogP contribution in [0.2, 0.25) is 0 Å². The predicted octanol–water partition coefficient (Wildman–Crippen LogP) is 2.21. The summed E-state index contributed by atoms with van der Waals surface area (Å²) < 4.78 is 15.7. The molecule has 7 nitrogen and oxygen atoms in total. The Morgan fingerprint density at radius 2 is 1.46 bits per heavy atom. The van der Waals surface area contributed by atoms with Crippen LogP contribution in [0.4, 0.5) is 0 Å². The van der Waals surface area contributed by atoms with E-state index in [-0.39, 0.29) is 0 Å². The number of methoxy groups -OCH3 is 2. The minimum atomic E-state index is -0.586. The number of dihydropyridines is 1. The minimum Gasteiger partial charge on any atom is -0.492 e. The Balaban J connectivity index is 2.41. The highest BCUT2D eigenvalue weighted by molar-refractivity contribution is 5.99. The number of carbonyl (C=O) groups is 2. The number of hydrogen-bond acceptors (Lipinski definition) is 7. The van der Waals surface area contributed by atoms with Gasteiger partial charge in [0.1, 0.15) is 12.4 Å². The molecule has 0 aromatic heterocycles. The molecule has 0 atom stereocenters. The van der Waals surface area contributed by atoms with Crippen LogP contribution in [-0.2, 0) is 19.1 Å². The topological polar surface area (TPSA) is 77.1 Å². The molecule has 0 fully saturated rings. The lowest BCUT2D eigenvalue weighted by Gasteiger charge is -2.30. The van der Waals surface area contributed by atoms with E-state index in [0.29, 0.717) is 29.1 Å². The zero-order valence-corrected chi connectivity index (χ0v) is 17.3. The molecule has 1 aliphatic rings. The molecule has 7 heteroatoms. The molecule has 152 valence electrons. The summed E-state index contributed by atoms with van der Waals surface area (Å²) in [5.74, 6) is -0.845. The van der Waals surface area contributed by atoms with Gasteiger partial charge in [-0.25, -0.2) is 9.59 Å². The standard InChI is InChI=1S/C21H28N2O5/c1-13-17(20(24)26-5)19(18(14(2)22-13)21(25)27-6)15-7-9-16(10-8-15)28-12-11-23(3)4/h7-10,19,22H,11-12H2,1-6H3. The number of ether oxygens (including phenoxy) is 3. The van der Waals surface area contributed by atoms with Gasteiger partial charge in [0.2, 0.25) is 0 Å². The van der Waals surface area contributed by atoms with Crippen LogP contribution in [0.25, 0.3) is 0 Å². The number of nitrogens with one attached hydrogen (secondary N) is 1. The van der Waals surface area contributed by atoms with E-state index in [1.165, 1.54) is 14.2 Å². The van der Waals surface area contributed by atoms with Crippen molar-refractivity contribution in [3.63, 3.8) is 0 Å². The monoisotopic (exact) mass is 388 g/mol. The van der Waals surface area contributed by atoms with Crippen LogP contribution in [0.1, 0.15) is 25.3 Å². The molecule has 1 N–H and O–H groups in total. The van der Waals surface area contributed by atoms with Crippen LogP contribution >= 0.6 is 0 Å². The average molecular weight is 388 g/mol. The molecule has 0 bridgehead atoms. The molecule has 0 saturated heterocycles. The van der Waals surface area contributed by atoms with Crippen LogP contribution < -0.4 is 10.1 Å². The maximum Gasteiger partial charge on any atom is 0.336 e. The van der Waals surface area contributed by atoms with E-state index < -0.39 is 17.9 Å². The van der Waals surface area contributed by atoms with Gasteiger partial charge in [0.15, 0.2) is 0 Å². The normalized spacial score (nSPS) is 14.8. The van der Waals surface area contributed by atoms with Crippen LogP contribution in [0.15, 0.2) is 46.8 Å². The maximum atomic E-state index is 12.5. The summed E-state index contributed by atoms with van der Waals surface area (Å²) in [5, 5.41) is 3.09. The van der Waals surface area contributed by atoms with E-state index in [0.717, 1.165) is 17.9 Å². The number of allylic oxidation sites excluding steroid dienone is 2. The van der Waals surface area contributed by atoms with Crippen molar-refractivity contribution < 1.29 is 23.8 Å². The van der Waals surface area contributed by atoms with Crippen molar-refractivity contribution in [3.05, 3.63) is 52.4 Å². The zero-order chi connectivity index (χ0) is 20.8. The van der Waals surface area contributed by atoms with E-state index in [9.17, 15) is 9.59 Å². The molecule has 0 saturated carbocycles. The third-order valence-electron chi connectivity index (χ3n) is 4.59. The summed E-state index contributed by atoms with van der Waals surface area (Å²) in [5.41, 5.74) is 2.84. The molecule has 0 spiro atoms. The largest absolute Gasteiger partial charge is 0.492 e. The Labute approximate surface area is 165 Å². The van der Waals surface area contributed by atoms with Gasteiger partial charge in [-0.15, -0.1) is 0 Å². The Bertz CT molecular complexity index is 756. The molecule has 0 unspecified atom stereocenters. The lowest BCUT2D eigenvalue weighted by atomic mass is 9.80. The van der Waals surface area contributed by atoms with Gasteiger partial charge >= 0.3 is 11.9 Å². The summed E-state index contributed by atoms with van der Waals surface area (Å²) in [6.07, 6.45) is 0. The molecule has 0 amide bonds. The van der Waals surface area contributed by atoms with Gasteiger partial charge in [-0.2, -0.15) is 0 Å². The molecule has 1 heterocycles. The number of benzene rings is 1. The molecule has 1 aromatic rings. The first-order valence-corrected chi connectivity index (χ1v) is 9.02. The molecule has 28 heavy (non-hydrogen) atoms. The number of esters is 2. The van der Waals surface area contributed by atoms with Crippen molar-refractivity contribution in [3.8, 4) is 5.75 Å². The second-order valence-electron chi connectivity index (χ2n) is 6.84. The van der Waals surface area contributed by atoms with Crippen LogP contribution in [-0.4, -0.2) is 58.3 Å². The third-order valence-corrected chi connectivity index (χ3v) is 4.59. The quantitative estimate of drug-likeness (QED) is 0.718. The Hall–Kier alpha value is -2.80. The van der Waals surface area contributed by atoms with Gasteiger partial charge in [0.25, 0.3) is 0 Å². The fourth-order valence-corrected chi connectivity index (χ4v) is 3.19. The molecule has 0 radical (unpaired) electrons. The highest BCUT2D eigenvalue weighted by atomic mass is 16.5. The molecule has 2 rings (SSSR count). The van der Waals surface area contributed by atoms with Gasteiger partial charge < -0.3 is 24.4 Å². The van der Waals surface area contributed by atoms with E-state index in [1.54, 1.807) is 13.8 Å². The first-order chi connectivity index (χ1) is 13.3. The van der Waals surface area contributed by atoms with Crippen molar-refractivity contribution >= 4 is 11.9 Å². The first-order valence-electron chi connectivity index (χ1n) is 9.02. The number of rotatable bonds is 7. The lowest BCUT2D eigenvalue weighted by molar-refractivity contribution is -0.137. The second kappa shape index (κ2) is 9.41. The lowest BCUT2D eigenvalue weighted by Crippen LogP contribution is -2.32. The van der Waals surface area contributed by atoms with Crippen molar-refractivity contribution in [2.24, 2.45) is 0 Å². The van der Waals surface area contributed by atoms with Gasteiger partial charge in [0.05, 0.1) is 31.3 Å². The molecular formula is C21H28N2O5. The van der Waals surface area contributed by atoms with Crippen molar-refractivity contribution in [2.75, 3.05) is 41.5 Å². The SMILES string of the molecule is COC(=O)C1=C(C)NC(C)=C(C(=O)OC)C1c1ccc(OCCN(C)C)cc1. The molecule has 0 aliphatic carbocycles. The summed E-state index contributed by atoms with van der Waals surface area (Å²) in [4.78, 5) is 27.0. The Morgan fingerprint density at radius 1 is 0.964 bits per heavy atom. The predicted molar refractivity (Wildman–Crippen MR) is 106 cm³/mol. The maximum absolute atomic E-state index is 12.5. The van der Waals surface area contributed by atoms with Gasteiger partial charge in [-0.3, -0.25) is 0 Å². The summed E-state index contributed by atoms with van der Waals surface area (Å²) in [6.45, 7) is 4.95. The van der Waals surface area contributed by atoms with Gasteiger partial charge in [-0.1, -0.05) is 12.1 Å². The number of hydrogen-bond donors (Lipinski definition) is 1. The smallest absolute Gasteiger partial charge is 0.336 e. The first kappa shape index (κ1) is 21.5. The van der Waals surface area contributed by atoms with E-state index in [1.807, 2.05) is 43.3 Å². The highest BCUT2D eigenvalue weighted by Crippen LogP contribution is 2.39. The summed E-state index contributed by atoms with van der Waals surface area (Å²) >= 11 is 0. The van der Waals surface area contributed by atoms with E-state index in [4.69, 9.17) is 14.2 Å². The highest BCUT2D eigenvalue weighted by Gasteiger charge is 2.37. The molecule has 1 aliphatic heterocycles. The summed E-state index contributed by atoms with van der Waals surface area (Å²) in [7, 11) is 6.61. The molecular weight excluding hydrogens is 360 g/mol. The third kappa shape index (κ3) is 4.72. The van der Waals surface area contributed by atoms with Gasteiger partial charge in [-0.05, 0) is 45.6 Å².